The summed E-state index contributed by atoms with van der Waals surface area (Å²) in [4.78, 5) is 0. The van der Waals surface area contributed by atoms with Gasteiger partial charge in [0.05, 0.1) is 0 Å². The maximum Gasteiger partial charge on any atom is 0.0140 e. The van der Waals surface area contributed by atoms with Crippen molar-refractivity contribution >= 4 is 22.6 Å². The van der Waals surface area contributed by atoms with Gasteiger partial charge in [-0.1, -0.05) is 17.7 Å². The Morgan fingerprint density at radius 1 is 1.44 bits per heavy atom. The van der Waals surface area contributed by atoms with Gasteiger partial charge in [-0.25, -0.2) is 0 Å². The summed E-state index contributed by atoms with van der Waals surface area (Å²) in [5, 5.41) is 0. The molecule has 0 aromatic carbocycles. The third kappa shape index (κ3) is 2.10. The Morgan fingerprint density at radius 3 is 2.67 bits per heavy atom. The van der Waals surface area contributed by atoms with E-state index in [1.165, 1.54) is 15.6 Å². The maximum absolute atomic E-state index is 5.45. The van der Waals surface area contributed by atoms with Crippen LogP contribution in [0.2, 0.25) is 0 Å². The van der Waals surface area contributed by atoms with Crippen molar-refractivity contribution in [3.05, 3.63) is 21.3 Å². The van der Waals surface area contributed by atoms with Crippen LogP contribution in [0, 0.1) is 0 Å². The van der Waals surface area contributed by atoms with E-state index in [2.05, 4.69) is 34.7 Å². The first kappa shape index (κ1) is 7.28. The number of halogens is 1. The number of hydrogen-bond acceptors (Lipinski definition) is 1. The molecule has 0 atom stereocenters. The summed E-state index contributed by atoms with van der Waals surface area (Å²) in [6.45, 7) is 0.723. The first-order chi connectivity index (χ1) is 4.33. The van der Waals surface area contributed by atoms with E-state index < -0.39 is 0 Å². The third-order valence-corrected chi connectivity index (χ3v) is 2.35. The van der Waals surface area contributed by atoms with Gasteiger partial charge < -0.3 is 5.73 Å². The normalized spacial score (nSPS) is 18.9. The Morgan fingerprint density at radius 2 is 2.22 bits per heavy atom. The van der Waals surface area contributed by atoms with Crippen LogP contribution >= 0.6 is 22.6 Å². The van der Waals surface area contributed by atoms with Crippen LogP contribution in [0.25, 0.3) is 0 Å². The van der Waals surface area contributed by atoms with Crippen LogP contribution in [-0.4, -0.2) is 6.54 Å². The van der Waals surface area contributed by atoms with Crippen LogP contribution in [0.4, 0.5) is 0 Å². The zero-order chi connectivity index (χ0) is 6.69. The van der Waals surface area contributed by atoms with Crippen LogP contribution in [0.5, 0.6) is 0 Å². The molecule has 0 fully saturated rings. The second-order valence-electron chi connectivity index (χ2n) is 2.14. The van der Waals surface area contributed by atoms with E-state index in [0.29, 0.717) is 0 Å². The molecule has 9 heavy (non-hydrogen) atoms. The van der Waals surface area contributed by atoms with Crippen molar-refractivity contribution < 1.29 is 0 Å². The molecule has 0 heterocycles. The van der Waals surface area contributed by atoms with Crippen LogP contribution in [-0.2, 0) is 0 Å². The number of rotatable bonds is 1. The van der Waals surface area contributed by atoms with Crippen molar-refractivity contribution in [2.75, 3.05) is 6.54 Å². The second-order valence-corrected chi connectivity index (χ2v) is 3.53. The Hall–Kier alpha value is 0.170. The number of nitrogens with two attached hydrogens (primary N) is 1. The number of allylic oxidation sites excluding steroid dienone is 3. The fourth-order valence-electron chi connectivity index (χ4n) is 0.825. The minimum Gasteiger partial charge on any atom is -0.327 e. The smallest absolute Gasteiger partial charge is 0.0140 e. The quantitative estimate of drug-likeness (QED) is 0.691. The van der Waals surface area contributed by atoms with Gasteiger partial charge in [-0.3, -0.25) is 0 Å². The molecule has 0 bridgehead atoms. The second kappa shape index (κ2) is 3.37. The molecule has 0 unspecified atom stereocenters. The maximum atomic E-state index is 5.45. The van der Waals surface area contributed by atoms with Crippen molar-refractivity contribution in [2.24, 2.45) is 5.73 Å². The lowest BCUT2D eigenvalue weighted by Gasteiger charge is -2.07. The van der Waals surface area contributed by atoms with E-state index in [-0.39, 0.29) is 0 Å². The average Bonchev–Trinajstić information content (AvgIpc) is 1.90. The highest BCUT2D eigenvalue weighted by atomic mass is 127. The van der Waals surface area contributed by atoms with Gasteiger partial charge in [-0.2, -0.15) is 0 Å². The summed E-state index contributed by atoms with van der Waals surface area (Å²) in [5.74, 6) is 0. The third-order valence-electron chi connectivity index (χ3n) is 1.45. The van der Waals surface area contributed by atoms with Gasteiger partial charge in [-0.15, -0.1) is 0 Å². The monoisotopic (exact) mass is 235 g/mol. The SMILES string of the molecule is NCC1=CC=C(I)CC1. The Balaban J connectivity index is 2.59. The summed E-state index contributed by atoms with van der Waals surface area (Å²) >= 11 is 2.36. The highest BCUT2D eigenvalue weighted by Gasteiger charge is 2.00. The predicted molar refractivity (Wildman–Crippen MR) is 48.5 cm³/mol. The molecule has 0 aromatic rings. The number of hydrogen-bond donors (Lipinski definition) is 1. The van der Waals surface area contributed by atoms with E-state index >= 15 is 0 Å². The van der Waals surface area contributed by atoms with Gasteiger partial charge >= 0.3 is 0 Å². The molecule has 1 rings (SSSR count). The Labute approximate surface area is 69.1 Å². The van der Waals surface area contributed by atoms with Crippen LogP contribution in [0.1, 0.15) is 12.8 Å². The Kier molecular flexibility index (Phi) is 2.72. The molecule has 2 N–H and O–H groups in total. The minimum atomic E-state index is 0.723. The molecule has 50 valence electrons. The molecule has 0 aliphatic heterocycles. The summed E-state index contributed by atoms with van der Waals surface area (Å²) in [6, 6.07) is 0. The van der Waals surface area contributed by atoms with Gasteiger partial charge in [0.2, 0.25) is 0 Å². The van der Waals surface area contributed by atoms with E-state index in [1.54, 1.807) is 0 Å². The molecule has 0 spiro atoms. The fraction of sp³-hybridized carbons (Fsp3) is 0.429. The molecule has 0 radical (unpaired) electrons. The van der Waals surface area contributed by atoms with E-state index in [1.807, 2.05) is 0 Å². The summed E-state index contributed by atoms with van der Waals surface area (Å²) in [7, 11) is 0. The molecule has 1 aliphatic carbocycles. The van der Waals surface area contributed by atoms with Gasteiger partial charge in [0, 0.05) is 6.54 Å². The van der Waals surface area contributed by atoms with Gasteiger partial charge in [0.25, 0.3) is 0 Å². The summed E-state index contributed by atoms with van der Waals surface area (Å²) in [6.07, 6.45) is 6.62. The van der Waals surface area contributed by atoms with Gasteiger partial charge in [0.15, 0.2) is 0 Å². The van der Waals surface area contributed by atoms with Crippen molar-refractivity contribution in [3.8, 4) is 0 Å². The predicted octanol–water partition coefficient (Wildman–Crippen LogP) is 1.98. The lowest BCUT2D eigenvalue weighted by molar-refractivity contribution is 0.912. The highest BCUT2D eigenvalue weighted by Crippen LogP contribution is 2.21. The van der Waals surface area contributed by atoms with Crippen molar-refractivity contribution in [1.29, 1.82) is 0 Å². The first-order valence-electron chi connectivity index (χ1n) is 3.07. The van der Waals surface area contributed by atoms with Crippen LogP contribution in [0.3, 0.4) is 0 Å². The zero-order valence-electron chi connectivity index (χ0n) is 5.23. The molecule has 1 nitrogen and oxygen atoms in total. The van der Waals surface area contributed by atoms with Gasteiger partial charge in [-0.05, 0) is 39.0 Å². The molecular weight excluding hydrogens is 225 g/mol. The van der Waals surface area contributed by atoms with Gasteiger partial charge in [0.1, 0.15) is 0 Å². The van der Waals surface area contributed by atoms with Crippen LogP contribution in [0.15, 0.2) is 21.3 Å². The summed E-state index contributed by atoms with van der Waals surface area (Å²) < 4.78 is 1.44. The topological polar surface area (TPSA) is 26.0 Å². The van der Waals surface area contributed by atoms with E-state index in [4.69, 9.17) is 5.73 Å². The fourth-order valence-corrected chi connectivity index (χ4v) is 1.27. The van der Waals surface area contributed by atoms with Crippen molar-refractivity contribution in [3.63, 3.8) is 0 Å². The lowest BCUT2D eigenvalue weighted by atomic mass is 10.1. The zero-order valence-corrected chi connectivity index (χ0v) is 7.39. The molecule has 0 saturated carbocycles. The minimum absolute atomic E-state index is 0.723. The van der Waals surface area contributed by atoms with Crippen LogP contribution < -0.4 is 5.73 Å². The molecule has 0 saturated heterocycles. The highest BCUT2D eigenvalue weighted by molar-refractivity contribution is 14.1. The Bertz CT molecular complexity index is 158. The standard InChI is InChI=1S/C7H10IN/c8-7-3-1-6(5-9)2-4-7/h1,3H,2,4-5,9H2. The molecule has 0 aromatic heterocycles. The molecular formula is C7H10IN. The largest absolute Gasteiger partial charge is 0.327 e. The first-order valence-corrected chi connectivity index (χ1v) is 4.15. The van der Waals surface area contributed by atoms with Crippen molar-refractivity contribution in [2.45, 2.75) is 12.8 Å². The lowest BCUT2D eigenvalue weighted by Crippen LogP contribution is -2.04. The summed E-state index contributed by atoms with van der Waals surface area (Å²) in [5.41, 5.74) is 6.82. The van der Waals surface area contributed by atoms with Crippen molar-refractivity contribution in [1.82, 2.24) is 0 Å². The van der Waals surface area contributed by atoms with E-state index in [0.717, 1.165) is 13.0 Å². The van der Waals surface area contributed by atoms with E-state index in [9.17, 15) is 0 Å². The average molecular weight is 235 g/mol. The molecule has 0 amide bonds. The molecule has 1 aliphatic rings. The molecule has 2 heteroatoms.